The molecule has 1 aliphatic heterocycles. The molecule has 4 rings (SSSR count). The second-order valence-corrected chi connectivity index (χ2v) is 9.60. The van der Waals surface area contributed by atoms with E-state index < -0.39 is 6.04 Å². The molecular weight excluding hydrogens is 458 g/mol. The van der Waals surface area contributed by atoms with Crippen LogP contribution in [0.5, 0.6) is 0 Å². The minimum absolute atomic E-state index is 0. The second-order valence-electron chi connectivity index (χ2n) is 9.60. The Kier molecular flexibility index (Phi) is 9.30. The molecule has 0 saturated heterocycles. The monoisotopic (exact) mass is 493 g/mol. The number of aryl methyl sites for hydroxylation is 1. The molecule has 35 heavy (non-hydrogen) atoms. The van der Waals surface area contributed by atoms with Gasteiger partial charge >= 0.3 is 0 Å². The van der Waals surface area contributed by atoms with Gasteiger partial charge in [-0.1, -0.05) is 80.9 Å². The maximum absolute atomic E-state index is 14.0. The lowest BCUT2D eigenvalue weighted by Crippen LogP contribution is -2.53. The van der Waals surface area contributed by atoms with Gasteiger partial charge in [-0.25, -0.2) is 5.01 Å². The normalized spacial score (nSPS) is 17.9. The Bertz CT molecular complexity index is 1090. The summed E-state index contributed by atoms with van der Waals surface area (Å²) in [5.41, 5.74) is 14.4. The first-order valence-corrected chi connectivity index (χ1v) is 12.4. The summed E-state index contributed by atoms with van der Waals surface area (Å²) in [5.74, 6) is -0.763. The number of nitrogens with two attached hydrogens (primary N) is 1. The smallest absolute Gasteiger partial charge is 0.256 e. The van der Waals surface area contributed by atoms with Crippen molar-refractivity contribution in [1.29, 1.82) is 0 Å². The molecule has 0 fully saturated rings. The molecule has 0 saturated carbocycles. The summed E-state index contributed by atoms with van der Waals surface area (Å²) in [4.78, 5) is 26.9. The summed E-state index contributed by atoms with van der Waals surface area (Å²) in [6, 6.07) is 18.0. The van der Waals surface area contributed by atoms with Crippen LogP contribution in [-0.4, -0.2) is 22.9 Å². The lowest BCUT2D eigenvalue weighted by molar-refractivity contribution is -0.140. The van der Waals surface area contributed by atoms with Gasteiger partial charge in [-0.05, 0) is 66.4 Å². The third kappa shape index (κ3) is 6.03. The van der Waals surface area contributed by atoms with Crippen LogP contribution in [0.4, 0.5) is 0 Å². The standard InChI is InChI=1S/C29H35N3O2.ClH/c1-20(2)27(30)28(33)31-32-26-19-11-10-17-24(26)22-15-8-9-16-23(22)25(29(32)34)18-7-6-14-21-12-4-3-5-13-21;/h3-5,8-9,11-13,15-16,19-20,25,27H,6-7,10,14,17-18,30H2,1-2H3,(H,31,33);1H/t25?,27-;/m0./s1. The number of hydrogen-bond donors (Lipinski definition) is 2. The largest absolute Gasteiger partial charge is 0.320 e. The number of hydrazine groups is 1. The number of halogens is 1. The van der Waals surface area contributed by atoms with Crippen molar-refractivity contribution in [2.45, 2.75) is 64.3 Å². The van der Waals surface area contributed by atoms with Crippen molar-refractivity contribution in [2.24, 2.45) is 11.7 Å². The van der Waals surface area contributed by atoms with Crippen LogP contribution in [0.25, 0.3) is 5.57 Å². The van der Waals surface area contributed by atoms with Crippen molar-refractivity contribution in [3.63, 3.8) is 0 Å². The van der Waals surface area contributed by atoms with Crippen molar-refractivity contribution in [2.75, 3.05) is 0 Å². The van der Waals surface area contributed by atoms with Gasteiger partial charge in [0.25, 0.3) is 11.8 Å². The number of benzene rings is 2. The maximum atomic E-state index is 14.0. The fourth-order valence-electron chi connectivity index (χ4n) is 4.82. The number of amides is 2. The summed E-state index contributed by atoms with van der Waals surface area (Å²) in [7, 11) is 0. The summed E-state index contributed by atoms with van der Waals surface area (Å²) in [5, 5.41) is 1.48. The number of nitrogens with zero attached hydrogens (tertiary/aromatic N) is 1. The van der Waals surface area contributed by atoms with Crippen molar-refractivity contribution in [3.05, 3.63) is 89.1 Å². The van der Waals surface area contributed by atoms with Gasteiger partial charge in [0.05, 0.1) is 17.7 Å². The van der Waals surface area contributed by atoms with E-state index >= 15 is 0 Å². The quantitative estimate of drug-likeness (QED) is 0.475. The number of unbranched alkanes of at least 4 members (excludes halogenated alkanes) is 1. The molecule has 2 aromatic carbocycles. The van der Waals surface area contributed by atoms with Gasteiger partial charge in [0.1, 0.15) is 0 Å². The highest BCUT2D eigenvalue weighted by atomic mass is 35.5. The van der Waals surface area contributed by atoms with Gasteiger partial charge < -0.3 is 5.73 Å². The minimum atomic E-state index is -0.681. The van der Waals surface area contributed by atoms with E-state index in [0.717, 1.165) is 60.9 Å². The van der Waals surface area contributed by atoms with Gasteiger partial charge in [-0.2, -0.15) is 0 Å². The third-order valence-corrected chi connectivity index (χ3v) is 6.86. The third-order valence-electron chi connectivity index (χ3n) is 6.86. The zero-order valence-electron chi connectivity index (χ0n) is 20.6. The first-order chi connectivity index (χ1) is 16.5. The van der Waals surface area contributed by atoms with Gasteiger partial charge in [-0.15, -0.1) is 12.4 Å². The maximum Gasteiger partial charge on any atom is 0.256 e. The number of nitrogens with one attached hydrogen (secondary N) is 1. The lowest BCUT2D eigenvalue weighted by Gasteiger charge is -2.30. The van der Waals surface area contributed by atoms with Gasteiger partial charge in [-0.3, -0.25) is 15.0 Å². The molecule has 186 valence electrons. The van der Waals surface area contributed by atoms with E-state index in [0.29, 0.717) is 0 Å². The first-order valence-electron chi connectivity index (χ1n) is 12.4. The molecule has 6 heteroatoms. The Morgan fingerprint density at radius 1 is 1.09 bits per heavy atom. The zero-order chi connectivity index (χ0) is 24.1. The van der Waals surface area contributed by atoms with Crippen LogP contribution in [0.1, 0.15) is 68.6 Å². The Hall–Kier alpha value is -2.89. The summed E-state index contributed by atoms with van der Waals surface area (Å²) >= 11 is 0. The van der Waals surface area contributed by atoms with E-state index in [1.165, 1.54) is 10.6 Å². The summed E-state index contributed by atoms with van der Waals surface area (Å²) in [6.07, 6.45) is 9.43. The van der Waals surface area contributed by atoms with Crippen molar-refractivity contribution >= 4 is 29.8 Å². The van der Waals surface area contributed by atoms with E-state index in [2.05, 4.69) is 47.9 Å². The zero-order valence-corrected chi connectivity index (χ0v) is 21.4. The Morgan fingerprint density at radius 2 is 1.80 bits per heavy atom. The molecule has 0 aromatic heterocycles. The van der Waals surface area contributed by atoms with Gasteiger partial charge in [0.15, 0.2) is 0 Å². The van der Waals surface area contributed by atoms with Crippen molar-refractivity contribution < 1.29 is 9.59 Å². The number of fused-ring (bicyclic) bond motifs is 2. The van der Waals surface area contributed by atoms with Crippen LogP contribution in [0.3, 0.4) is 0 Å². The van der Waals surface area contributed by atoms with Crippen LogP contribution in [0.15, 0.2) is 72.4 Å². The Labute approximate surface area is 214 Å². The molecule has 1 unspecified atom stereocenters. The minimum Gasteiger partial charge on any atom is -0.320 e. The van der Waals surface area contributed by atoms with Crippen molar-refractivity contribution in [1.82, 2.24) is 10.4 Å². The SMILES string of the molecule is CC(C)[C@H](N)C(=O)NN1C(=O)C(CCCCc2ccccc2)c2ccccc2C2=C1C=CCC2.Cl. The molecule has 1 aliphatic carbocycles. The van der Waals surface area contributed by atoms with Gasteiger partial charge in [0, 0.05) is 0 Å². The molecule has 2 aromatic rings. The Morgan fingerprint density at radius 3 is 2.54 bits per heavy atom. The van der Waals surface area contributed by atoms with Crippen LogP contribution >= 0.6 is 12.4 Å². The number of carbonyl (C=O) groups excluding carboxylic acids is 2. The summed E-state index contributed by atoms with van der Waals surface area (Å²) in [6.45, 7) is 3.82. The molecule has 0 radical (unpaired) electrons. The molecule has 2 atom stereocenters. The number of carbonyl (C=O) groups is 2. The van der Waals surface area contributed by atoms with Crippen LogP contribution < -0.4 is 11.2 Å². The fourth-order valence-corrected chi connectivity index (χ4v) is 4.82. The average molecular weight is 494 g/mol. The molecule has 5 nitrogen and oxygen atoms in total. The molecule has 3 N–H and O–H groups in total. The number of hydrogen-bond acceptors (Lipinski definition) is 3. The van der Waals surface area contributed by atoms with E-state index in [4.69, 9.17) is 5.73 Å². The molecule has 0 bridgehead atoms. The topological polar surface area (TPSA) is 75.4 Å². The molecular formula is C29H36ClN3O2. The lowest BCUT2D eigenvalue weighted by atomic mass is 9.85. The molecule has 0 spiro atoms. The van der Waals surface area contributed by atoms with E-state index in [9.17, 15) is 9.59 Å². The highest BCUT2D eigenvalue weighted by molar-refractivity contribution is 5.95. The predicted molar refractivity (Wildman–Crippen MR) is 144 cm³/mol. The average Bonchev–Trinajstić information content (AvgIpc) is 2.95. The fraction of sp³-hybridized carbons (Fsp3) is 0.379. The van der Waals surface area contributed by atoms with Crippen LogP contribution in [0, 0.1) is 5.92 Å². The van der Waals surface area contributed by atoms with Crippen LogP contribution in [-0.2, 0) is 16.0 Å². The number of rotatable bonds is 8. The number of allylic oxidation sites excluding steroid dienone is 3. The van der Waals surface area contributed by atoms with E-state index in [-0.39, 0.29) is 36.1 Å². The predicted octanol–water partition coefficient (Wildman–Crippen LogP) is 5.52. The van der Waals surface area contributed by atoms with E-state index in [1.807, 2.05) is 38.1 Å². The van der Waals surface area contributed by atoms with Crippen molar-refractivity contribution in [3.8, 4) is 0 Å². The molecule has 2 aliphatic rings. The Balaban J connectivity index is 0.00000342. The first kappa shape index (κ1) is 26.7. The summed E-state index contributed by atoms with van der Waals surface area (Å²) < 4.78 is 0. The van der Waals surface area contributed by atoms with Gasteiger partial charge in [0.2, 0.25) is 0 Å². The highest BCUT2D eigenvalue weighted by Crippen LogP contribution is 2.40. The highest BCUT2D eigenvalue weighted by Gasteiger charge is 2.36. The molecule has 1 heterocycles. The molecule has 2 amide bonds. The van der Waals surface area contributed by atoms with Crippen LogP contribution in [0.2, 0.25) is 0 Å². The van der Waals surface area contributed by atoms with E-state index in [1.54, 1.807) is 0 Å². The second kappa shape index (κ2) is 12.2.